The Labute approximate surface area is 105 Å². The van der Waals surface area contributed by atoms with Crippen molar-refractivity contribution in [3.05, 3.63) is 22.4 Å². The fourth-order valence-electron chi connectivity index (χ4n) is 2.56. The second-order valence-corrected chi connectivity index (χ2v) is 5.45. The van der Waals surface area contributed by atoms with Crippen molar-refractivity contribution in [1.29, 1.82) is 0 Å². The van der Waals surface area contributed by atoms with Crippen LogP contribution in [0.1, 0.15) is 23.9 Å². The van der Waals surface area contributed by atoms with Gasteiger partial charge in [-0.05, 0) is 24.3 Å². The van der Waals surface area contributed by atoms with Crippen LogP contribution in [-0.2, 0) is 9.53 Å². The number of carbonyl (C=O) groups excluding carboxylic acids is 1. The van der Waals surface area contributed by atoms with E-state index in [2.05, 4.69) is 16.8 Å². The molecule has 0 saturated carbocycles. The van der Waals surface area contributed by atoms with Gasteiger partial charge in [-0.2, -0.15) is 0 Å². The third-order valence-electron chi connectivity index (χ3n) is 3.36. The molecule has 1 aromatic rings. The molecule has 1 aromatic heterocycles. The maximum absolute atomic E-state index is 12.0. The zero-order valence-corrected chi connectivity index (χ0v) is 10.4. The number of nitrogens with one attached hydrogen (secondary N) is 1. The van der Waals surface area contributed by atoms with Crippen LogP contribution >= 0.6 is 11.3 Å². The van der Waals surface area contributed by atoms with Crippen LogP contribution < -0.4 is 5.32 Å². The molecule has 0 bridgehead atoms. The Morgan fingerprint density at radius 1 is 1.53 bits per heavy atom. The van der Waals surface area contributed by atoms with E-state index in [9.17, 15) is 4.79 Å². The number of rotatable bonds is 2. The molecule has 1 N–H and O–H groups in total. The van der Waals surface area contributed by atoms with Gasteiger partial charge in [0.25, 0.3) is 0 Å². The van der Waals surface area contributed by atoms with E-state index in [1.807, 2.05) is 11.0 Å². The molecule has 0 radical (unpaired) electrons. The summed E-state index contributed by atoms with van der Waals surface area (Å²) in [4.78, 5) is 15.2. The summed E-state index contributed by atoms with van der Waals surface area (Å²) in [5.74, 6) is 0.193. The van der Waals surface area contributed by atoms with E-state index in [4.69, 9.17) is 4.74 Å². The van der Waals surface area contributed by atoms with Gasteiger partial charge < -0.3 is 9.64 Å². The lowest BCUT2D eigenvalue weighted by molar-refractivity contribution is -0.133. The molecule has 2 unspecified atom stereocenters. The SMILES string of the molecule is O=C1CNC(c2cccs2)N1C1CCCOC1. The van der Waals surface area contributed by atoms with Crippen molar-refractivity contribution in [2.75, 3.05) is 19.8 Å². The minimum absolute atomic E-state index is 0.0502. The smallest absolute Gasteiger partial charge is 0.238 e. The lowest BCUT2D eigenvalue weighted by Gasteiger charge is -2.34. The molecule has 2 saturated heterocycles. The van der Waals surface area contributed by atoms with Crippen LogP contribution in [0, 0.1) is 0 Å². The van der Waals surface area contributed by atoms with Gasteiger partial charge in [-0.15, -0.1) is 11.3 Å². The molecule has 2 fully saturated rings. The third kappa shape index (κ3) is 2.10. The summed E-state index contributed by atoms with van der Waals surface area (Å²) < 4.78 is 5.49. The first kappa shape index (κ1) is 11.2. The molecule has 1 amide bonds. The summed E-state index contributed by atoms with van der Waals surface area (Å²) in [6.07, 6.45) is 2.15. The van der Waals surface area contributed by atoms with Crippen molar-refractivity contribution in [2.24, 2.45) is 0 Å². The maximum atomic E-state index is 12.0. The van der Waals surface area contributed by atoms with Gasteiger partial charge in [0.05, 0.1) is 19.2 Å². The number of nitrogens with zero attached hydrogens (tertiary/aromatic N) is 1. The first-order valence-electron chi connectivity index (χ1n) is 6.02. The van der Waals surface area contributed by atoms with Gasteiger partial charge in [0.2, 0.25) is 5.91 Å². The standard InChI is InChI=1S/C12H16N2O2S/c15-11-7-13-12(10-4-2-6-17-10)14(11)9-3-1-5-16-8-9/h2,4,6,9,12-13H,1,3,5,7-8H2. The highest BCUT2D eigenvalue weighted by Crippen LogP contribution is 2.30. The number of hydrogen-bond acceptors (Lipinski definition) is 4. The quantitative estimate of drug-likeness (QED) is 0.864. The van der Waals surface area contributed by atoms with Crippen LogP contribution in [0.4, 0.5) is 0 Å². The summed E-state index contributed by atoms with van der Waals surface area (Å²) in [5, 5.41) is 5.34. The van der Waals surface area contributed by atoms with Gasteiger partial charge in [0.1, 0.15) is 6.17 Å². The minimum atomic E-state index is 0.0502. The van der Waals surface area contributed by atoms with Crippen molar-refractivity contribution in [3.8, 4) is 0 Å². The van der Waals surface area contributed by atoms with Crippen molar-refractivity contribution >= 4 is 17.2 Å². The van der Waals surface area contributed by atoms with E-state index < -0.39 is 0 Å². The molecule has 3 rings (SSSR count). The number of carbonyl (C=O) groups is 1. The Kier molecular flexibility index (Phi) is 3.13. The highest BCUT2D eigenvalue weighted by atomic mass is 32.1. The third-order valence-corrected chi connectivity index (χ3v) is 4.28. The van der Waals surface area contributed by atoms with Crippen molar-refractivity contribution in [1.82, 2.24) is 10.2 Å². The van der Waals surface area contributed by atoms with Crippen LogP contribution in [0.3, 0.4) is 0 Å². The lowest BCUT2D eigenvalue weighted by Crippen LogP contribution is -2.44. The first-order chi connectivity index (χ1) is 8.36. The maximum Gasteiger partial charge on any atom is 0.238 e. The molecule has 2 aliphatic heterocycles. The van der Waals surface area contributed by atoms with E-state index in [0.29, 0.717) is 13.2 Å². The predicted molar refractivity (Wildman–Crippen MR) is 65.7 cm³/mol. The molecular formula is C12H16N2O2S. The largest absolute Gasteiger partial charge is 0.379 e. The summed E-state index contributed by atoms with van der Waals surface area (Å²) in [6.45, 7) is 1.95. The monoisotopic (exact) mass is 252 g/mol. The summed E-state index contributed by atoms with van der Waals surface area (Å²) in [6, 6.07) is 4.34. The van der Waals surface area contributed by atoms with Gasteiger partial charge in [-0.3, -0.25) is 10.1 Å². The molecule has 17 heavy (non-hydrogen) atoms. The van der Waals surface area contributed by atoms with Crippen LogP contribution in [-0.4, -0.2) is 36.6 Å². The number of ether oxygens (including phenoxy) is 1. The molecule has 3 heterocycles. The van der Waals surface area contributed by atoms with Crippen LogP contribution in [0.25, 0.3) is 0 Å². The highest BCUT2D eigenvalue weighted by molar-refractivity contribution is 7.10. The molecule has 2 atom stereocenters. The number of hydrogen-bond donors (Lipinski definition) is 1. The Morgan fingerprint density at radius 2 is 2.47 bits per heavy atom. The first-order valence-corrected chi connectivity index (χ1v) is 6.90. The summed E-state index contributed by atoms with van der Waals surface area (Å²) >= 11 is 1.69. The van der Waals surface area contributed by atoms with E-state index in [1.54, 1.807) is 11.3 Å². The molecule has 5 heteroatoms. The summed E-state index contributed by atoms with van der Waals surface area (Å²) in [5.41, 5.74) is 0. The zero-order chi connectivity index (χ0) is 11.7. The van der Waals surface area contributed by atoms with Crippen molar-refractivity contribution in [2.45, 2.75) is 25.0 Å². The van der Waals surface area contributed by atoms with Gasteiger partial charge in [0, 0.05) is 11.5 Å². The van der Waals surface area contributed by atoms with Gasteiger partial charge >= 0.3 is 0 Å². The Bertz CT molecular complexity index is 387. The molecule has 0 aliphatic carbocycles. The van der Waals surface area contributed by atoms with E-state index in [1.165, 1.54) is 4.88 Å². The second kappa shape index (κ2) is 4.76. The molecule has 0 aromatic carbocycles. The van der Waals surface area contributed by atoms with Crippen molar-refractivity contribution in [3.63, 3.8) is 0 Å². The lowest BCUT2D eigenvalue weighted by atomic mass is 10.1. The average molecular weight is 252 g/mol. The van der Waals surface area contributed by atoms with E-state index in [-0.39, 0.29) is 18.1 Å². The number of thiophene rings is 1. The van der Waals surface area contributed by atoms with E-state index >= 15 is 0 Å². The van der Waals surface area contributed by atoms with Gasteiger partial charge in [-0.1, -0.05) is 6.07 Å². The Balaban J connectivity index is 1.81. The van der Waals surface area contributed by atoms with Crippen LogP contribution in [0.15, 0.2) is 17.5 Å². The topological polar surface area (TPSA) is 41.6 Å². The Morgan fingerprint density at radius 3 is 3.18 bits per heavy atom. The molecular weight excluding hydrogens is 236 g/mol. The average Bonchev–Trinajstić information content (AvgIpc) is 2.98. The molecule has 92 valence electrons. The Hall–Kier alpha value is -0.910. The normalized spacial score (nSPS) is 29.9. The molecule has 0 spiro atoms. The zero-order valence-electron chi connectivity index (χ0n) is 9.59. The van der Waals surface area contributed by atoms with Gasteiger partial charge in [-0.25, -0.2) is 0 Å². The fourth-order valence-corrected chi connectivity index (χ4v) is 3.36. The van der Waals surface area contributed by atoms with Crippen molar-refractivity contribution < 1.29 is 9.53 Å². The second-order valence-electron chi connectivity index (χ2n) is 4.47. The predicted octanol–water partition coefficient (Wildman–Crippen LogP) is 1.36. The fraction of sp³-hybridized carbons (Fsp3) is 0.583. The van der Waals surface area contributed by atoms with Gasteiger partial charge in [0.15, 0.2) is 0 Å². The highest BCUT2D eigenvalue weighted by Gasteiger charge is 2.37. The number of amides is 1. The molecule has 2 aliphatic rings. The molecule has 4 nitrogen and oxygen atoms in total. The van der Waals surface area contributed by atoms with E-state index in [0.717, 1.165) is 19.4 Å². The summed E-state index contributed by atoms with van der Waals surface area (Å²) in [7, 11) is 0. The minimum Gasteiger partial charge on any atom is -0.379 e. The van der Waals surface area contributed by atoms with Crippen LogP contribution in [0.5, 0.6) is 0 Å². The van der Waals surface area contributed by atoms with Crippen LogP contribution in [0.2, 0.25) is 0 Å².